The van der Waals surface area contributed by atoms with E-state index in [9.17, 15) is 5.11 Å². The van der Waals surface area contributed by atoms with Gasteiger partial charge >= 0.3 is 0 Å². The Hall–Kier alpha value is -0.870. The van der Waals surface area contributed by atoms with E-state index in [1.54, 1.807) is 6.26 Å². The van der Waals surface area contributed by atoms with Crippen molar-refractivity contribution in [2.24, 2.45) is 5.92 Å². The van der Waals surface area contributed by atoms with Crippen LogP contribution in [-0.4, -0.2) is 34.4 Å². The van der Waals surface area contributed by atoms with Gasteiger partial charge in [-0.1, -0.05) is 5.16 Å². The van der Waals surface area contributed by atoms with Gasteiger partial charge in [-0.25, -0.2) is 0 Å². The maximum Gasteiger partial charge on any atom is 0.124 e. The van der Waals surface area contributed by atoms with Crippen molar-refractivity contribution in [1.29, 1.82) is 0 Å². The van der Waals surface area contributed by atoms with E-state index >= 15 is 0 Å². The minimum Gasteiger partial charge on any atom is -0.393 e. The molecule has 1 aromatic heterocycles. The second-order valence-corrected chi connectivity index (χ2v) is 4.37. The largest absolute Gasteiger partial charge is 0.393 e. The molecule has 2 heterocycles. The van der Waals surface area contributed by atoms with E-state index < -0.39 is 0 Å². The van der Waals surface area contributed by atoms with Gasteiger partial charge in [0.15, 0.2) is 0 Å². The number of hydrogen-bond acceptors (Lipinski definition) is 4. The second kappa shape index (κ2) is 4.77. The van der Waals surface area contributed by atoms with Crippen LogP contribution in [0.3, 0.4) is 0 Å². The summed E-state index contributed by atoms with van der Waals surface area (Å²) < 4.78 is 4.80. The summed E-state index contributed by atoms with van der Waals surface area (Å²) in [6, 6.07) is 1.89. The Balaban J connectivity index is 1.88. The lowest BCUT2D eigenvalue weighted by atomic mass is 9.93. The Morgan fingerprint density at radius 3 is 3.27 bits per heavy atom. The monoisotopic (exact) mass is 210 g/mol. The van der Waals surface area contributed by atoms with Gasteiger partial charge in [-0.05, 0) is 32.2 Å². The van der Waals surface area contributed by atoms with Gasteiger partial charge in [0.25, 0.3) is 0 Å². The van der Waals surface area contributed by atoms with Crippen molar-refractivity contribution in [2.45, 2.75) is 32.4 Å². The highest BCUT2D eigenvalue weighted by Crippen LogP contribution is 2.20. The number of aromatic nitrogens is 1. The first-order valence-electron chi connectivity index (χ1n) is 5.55. The molecule has 0 aliphatic carbocycles. The molecular weight excluding hydrogens is 192 g/mol. The maximum atomic E-state index is 9.56. The fourth-order valence-electron chi connectivity index (χ4n) is 2.18. The van der Waals surface area contributed by atoms with E-state index in [-0.39, 0.29) is 6.10 Å². The number of aliphatic hydroxyl groups excluding tert-OH is 1. The zero-order valence-electron chi connectivity index (χ0n) is 9.09. The fourth-order valence-corrected chi connectivity index (χ4v) is 2.18. The van der Waals surface area contributed by atoms with Crippen molar-refractivity contribution < 1.29 is 9.63 Å². The summed E-state index contributed by atoms with van der Waals surface area (Å²) in [6.45, 7) is 4.77. The number of piperidine rings is 1. The zero-order valence-corrected chi connectivity index (χ0v) is 9.09. The third kappa shape index (κ3) is 2.79. The van der Waals surface area contributed by atoms with Gasteiger partial charge in [0.1, 0.15) is 6.26 Å². The van der Waals surface area contributed by atoms with Gasteiger partial charge in [-0.2, -0.15) is 0 Å². The number of hydrogen-bond donors (Lipinski definition) is 1. The summed E-state index contributed by atoms with van der Waals surface area (Å²) in [4.78, 5) is 2.33. The predicted molar refractivity (Wildman–Crippen MR) is 56.2 cm³/mol. The van der Waals surface area contributed by atoms with Crippen molar-refractivity contribution in [3.05, 3.63) is 18.0 Å². The summed E-state index contributed by atoms with van der Waals surface area (Å²) in [7, 11) is 0. The van der Waals surface area contributed by atoms with E-state index in [4.69, 9.17) is 4.52 Å². The molecule has 1 N–H and O–H groups in total. The van der Waals surface area contributed by atoms with Crippen LogP contribution in [0.4, 0.5) is 0 Å². The molecular formula is C11H18N2O2. The molecule has 0 aromatic carbocycles. The Bertz CT molecular complexity index is 285. The molecule has 2 rings (SSSR count). The Morgan fingerprint density at radius 1 is 1.73 bits per heavy atom. The molecule has 0 amide bonds. The van der Waals surface area contributed by atoms with Crippen molar-refractivity contribution in [1.82, 2.24) is 10.1 Å². The van der Waals surface area contributed by atoms with Crippen LogP contribution in [0.5, 0.6) is 0 Å². The Labute approximate surface area is 89.9 Å². The molecule has 2 atom stereocenters. The van der Waals surface area contributed by atoms with E-state index in [0.717, 1.165) is 38.2 Å². The molecule has 0 radical (unpaired) electrons. The fraction of sp³-hybridized carbons (Fsp3) is 0.727. The molecule has 4 heteroatoms. The van der Waals surface area contributed by atoms with Crippen molar-refractivity contribution in [3.63, 3.8) is 0 Å². The minimum absolute atomic E-state index is 0.204. The lowest BCUT2D eigenvalue weighted by molar-refractivity contribution is 0.0590. The predicted octanol–water partition coefficient (Wildman–Crippen LogP) is 1.27. The molecule has 0 saturated carbocycles. The van der Waals surface area contributed by atoms with E-state index in [1.807, 2.05) is 13.0 Å². The van der Waals surface area contributed by atoms with Crippen LogP contribution in [0, 0.1) is 5.92 Å². The molecule has 0 spiro atoms. The lowest BCUT2D eigenvalue weighted by Crippen LogP contribution is -2.39. The molecule has 0 bridgehead atoms. The lowest BCUT2D eigenvalue weighted by Gasteiger charge is -2.33. The quantitative estimate of drug-likeness (QED) is 0.816. The molecule has 1 aliphatic heterocycles. The van der Waals surface area contributed by atoms with Crippen LogP contribution in [-0.2, 0) is 6.54 Å². The van der Waals surface area contributed by atoms with Crippen LogP contribution in [0.2, 0.25) is 0 Å². The summed E-state index contributed by atoms with van der Waals surface area (Å²) in [6.07, 6.45) is 3.69. The smallest absolute Gasteiger partial charge is 0.124 e. The standard InChI is InChI=1S/C11H18N2O2/c1-9(14)10-3-2-5-13(7-10)8-11-4-6-15-12-11/h4,6,9-10,14H,2-3,5,7-8H2,1H3. The van der Waals surface area contributed by atoms with E-state index in [1.165, 1.54) is 0 Å². The number of rotatable bonds is 3. The molecule has 2 unspecified atom stereocenters. The third-order valence-electron chi connectivity index (χ3n) is 3.10. The van der Waals surface area contributed by atoms with Gasteiger partial charge in [-0.15, -0.1) is 0 Å². The summed E-state index contributed by atoms with van der Waals surface area (Å²) in [5.74, 6) is 0.408. The molecule has 4 nitrogen and oxygen atoms in total. The molecule has 1 saturated heterocycles. The first-order valence-corrected chi connectivity index (χ1v) is 5.55. The van der Waals surface area contributed by atoms with Gasteiger partial charge in [0.05, 0.1) is 11.8 Å². The average molecular weight is 210 g/mol. The van der Waals surface area contributed by atoms with E-state index in [2.05, 4.69) is 10.1 Å². The maximum absolute atomic E-state index is 9.56. The molecule has 15 heavy (non-hydrogen) atoms. The van der Waals surface area contributed by atoms with Crippen molar-refractivity contribution >= 4 is 0 Å². The third-order valence-corrected chi connectivity index (χ3v) is 3.10. The SMILES string of the molecule is CC(O)C1CCCN(Cc2ccon2)C1. The molecule has 84 valence electrons. The minimum atomic E-state index is -0.204. The van der Waals surface area contributed by atoms with Crippen LogP contribution in [0.1, 0.15) is 25.5 Å². The topological polar surface area (TPSA) is 49.5 Å². The Kier molecular flexibility index (Phi) is 3.38. The normalized spacial score (nSPS) is 25.3. The first kappa shape index (κ1) is 10.6. The highest BCUT2D eigenvalue weighted by atomic mass is 16.5. The van der Waals surface area contributed by atoms with E-state index in [0.29, 0.717) is 5.92 Å². The Morgan fingerprint density at radius 2 is 2.60 bits per heavy atom. The molecule has 1 aromatic rings. The van der Waals surface area contributed by atoms with Gasteiger partial charge in [-0.3, -0.25) is 4.90 Å². The van der Waals surface area contributed by atoms with Crippen molar-refractivity contribution in [3.8, 4) is 0 Å². The van der Waals surface area contributed by atoms with Crippen molar-refractivity contribution in [2.75, 3.05) is 13.1 Å². The van der Waals surface area contributed by atoms with Crippen LogP contribution in [0.15, 0.2) is 16.9 Å². The molecule has 1 fully saturated rings. The highest BCUT2D eigenvalue weighted by molar-refractivity contribution is 4.95. The van der Waals surface area contributed by atoms with Crippen LogP contribution >= 0.6 is 0 Å². The average Bonchev–Trinajstić information content (AvgIpc) is 2.71. The summed E-state index contributed by atoms with van der Waals surface area (Å²) >= 11 is 0. The van der Waals surface area contributed by atoms with Gasteiger partial charge < -0.3 is 9.63 Å². The van der Waals surface area contributed by atoms with Crippen LogP contribution in [0.25, 0.3) is 0 Å². The van der Waals surface area contributed by atoms with Gasteiger partial charge in [0.2, 0.25) is 0 Å². The zero-order chi connectivity index (χ0) is 10.7. The summed E-state index contributed by atoms with van der Waals surface area (Å²) in [5.41, 5.74) is 0.973. The summed E-state index contributed by atoms with van der Waals surface area (Å²) in [5, 5.41) is 13.5. The molecule has 1 aliphatic rings. The number of aliphatic hydroxyl groups is 1. The first-order chi connectivity index (χ1) is 7.25. The van der Waals surface area contributed by atoms with Gasteiger partial charge in [0, 0.05) is 19.2 Å². The highest BCUT2D eigenvalue weighted by Gasteiger charge is 2.23. The second-order valence-electron chi connectivity index (χ2n) is 4.37. The van der Waals surface area contributed by atoms with Crippen LogP contribution < -0.4 is 0 Å². The number of likely N-dealkylation sites (tertiary alicyclic amines) is 1. The number of nitrogens with zero attached hydrogens (tertiary/aromatic N) is 2.